The molecule has 0 radical (unpaired) electrons. The SMILES string of the molecule is CN(C)CCN1CCCCC1.CN(C)CCN1CCCCC1.Cc1ccccc1.Cc1cccs1. The van der Waals surface area contributed by atoms with Gasteiger partial charge < -0.3 is 19.6 Å². The molecule has 0 bridgehead atoms. The van der Waals surface area contributed by atoms with E-state index in [9.17, 15) is 0 Å². The Morgan fingerprint density at radius 3 is 1.34 bits per heavy atom. The lowest BCUT2D eigenvalue weighted by molar-refractivity contribution is 0.207. The van der Waals surface area contributed by atoms with E-state index in [0.717, 1.165) is 0 Å². The van der Waals surface area contributed by atoms with Crippen molar-refractivity contribution in [2.75, 3.05) is 80.5 Å². The number of thiophene rings is 1. The van der Waals surface area contributed by atoms with Crippen molar-refractivity contribution in [1.29, 1.82) is 0 Å². The van der Waals surface area contributed by atoms with Crippen LogP contribution in [0.5, 0.6) is 0 Å². The summed E-state index contributed by atoms with van der Waals surface area (Å²) in [5.41, 5.74) is 1.32. The molecule has 1 aromatic carbocycles. The number of piperidine rings is 2. The molecule has 0 amide bonds. The zero-order chi connectivity index (χ0) is 25.7. The van der Waals surface area contributed by atoms with Gasteiger partial charge in [0.2, 0.25) is 0 Å². The van der Waals surface area contributed by atoms with Gasteiger partial charge in [0, 0.05) is 31.1 Å². The molecule has 2 aromatic rings. The normalized spacial score (nSPS) is 16.5. The number of nitrogens with zero attached hydrogens (tertiary/aromatic N) is 4. The van der Waals surface area contributed by atoms with Crippen LogP contribution in [-0.2, 0) is 0 Å². The van der Waals surface area contributed by atoms with Gasteiger partial charge in [-0.25, -0.2) is 0 Å². The highest BCUT2D eigenvalue weighted by molar-refractivity contribution is 7.09. The van der Waals surface area contributed by atoms with E-state index in [0.29, 0.717) is 0 Å². The summed E-state index contributed by atoms with van der Waals surface area (Å²) in [6.07, 6.45) is 8.53. The van der Waals surface area contributed by atoms with Crippen molar-refractivity contribution in [1.82, 2.24) is 19.6 Å². The molecular weight excluding hydrogens is 448 g/mol. The number of hydrogen-bond donors (Lipinski definition) is 0. The summed E-state index contributed by atoms with van der Waals surface area (Å²) in [7, 11) is 8.57. The maximum Gasteiger partial charge on any atom is 0.0109 e. The molecule has 1 aromatic heterocycles. The van der Waals surface area contributed by atoms with Crippen LogP contribution in [-0.4, -0.2) is 100 Å². The molecule has 4 nitrogen and oxygen atoms in total. The number of aryl methyl sites for hydroxylation is 2. The van der Waals surface area contributed by atoms with Crippen LogP contribution < -0.4 is 0 Å². The molecule has 2 aliphatic rings. The minimum Gasteiger partial charge on any atom is -0.308 e. The minimum absolute atomic E-state index is 1.21. The van der Waals surface area contributed by atoms with Crippen LogP contribution in [0.15, 0.2) is 47.8 Å². The van der Waals surface area contributed by atoms with E-state index < -0.39 is 0 Å². The van der Waals surface area contributed by atoms with Gasteiger partial charge in [-0.05, 0) is 105 Å². The number of hydrogen-bond acceptors (Lipinski definition) is 5. The molecule has 0 spiro atoms. The van der Waals surface area contributed by atoms with E-state index in [1.807, 2.05) is 18.2 Å². The van der Waals surface area contributed by atoms with Crippen molar-refractivity contribution in [3.63, 3.8) is 0 Å². The lowest BCUT2D eigenvalue weighted by Crippen LogP contribution is -2.35. The molecule has 2 aliphatic heterocycles. The number of rotatable bonds is 6. The summed E-state index contributed by atoms with van der Waals surface area (Å²) in [6.45, 7) is 14.4. The fraction of sp³-hybridized carbons (Fsp3) is 0.667. The summed E-state index contributed by atoms with van der Waals surface area (Å²) in [5, 5.41) is 2.08. The monoisotopic (exact) mass is 502 g/mol. The second-order valence-electron chi connectivity index (χ2n) is 10.3. The van der Waals surface area contributed by atoms with Gasteiger partial charge in [-0.1, -0.05) is 54.8 Å². The van der Waals surface area contributed by atoms with E-state index in [4.69, 9.17) is 0 Å². The Morgan fingerprint density at radius 2 is 1.09 bits per heavy atom. The van der Waals surface area contributed by atoms with E-state index >= 15 is 0 Å². The lowest BCUT2D eigenvalue weighted by atomic mass is 10.1. The first-order valence-corrected chi connectivity index (χ1v) is 14.5. The van der Waals surface area contributed by atoms with E-state index in [-0.39, 0.29) is 0 Å². The molecule has 200 valence electrons. The summed E-state index contributed by atoms with van der Waals surface area (Å²) >= 11 is 1.78. The van der Waals surface area contributed by atoms with Crippen LogP contribution in [0.2, 0.25) is 0 Å². The first-order valence-electron chi connectivity index (χ1n) is 13.6. The molecule has 5 heteroatoms. The highest BCUT2D eigenvalue weighted by Crippen LogP contribution is 2.08. The van der Waals surface area contributed by atoms with Crippen LogP contribution in [0.1, 0.15) is 49.0 Å². The van der Waals surface area contributed by atoms with Crippen molar-refractivity contribution >= 4 is 11.3 Å². The zero-order valence-corrected chi connectivity index (χ0v) is 24.5. The summed E-state index contributed by atoms with van der Waals surface area (Å²) in [5.74, 6) is 0. The number of likely N-dealkylation sites (N-methyl/N-ethyl adjacent to an activating group) is 2. The largest absolute Gasteiger partial charge is 0.308 e. The predicted octanol–water partition coefficient (Wildman–Crippen LogP) is 6.12. The van der Waals surface area contributed by atoms with Gasteiger partial charge in [0.25, 0.3) is 0 Å². The fourth-order valence-corrected chi connectivity index (χ4v) is 4.47. The zero-order valence-electron chi connectivity index (χ0n) is 23.7. The molecule has 0 unspecified atom stereocenters. The predicted molar refractivity (Wildman–Crippen MR) is 158 cm³/mol. The molecule has 2 fully saturated rings. The van der Waals surface area contributed by atoms with Gasteiger partial charge in [-0.2, -0.15) is 0 Å². The van der Waals surface area contributed by atoms with Crippen LogP contribution in [0, 0.1) is 13.8 Å². The van der Waals surface area contributed by atoms with E-state index in [1.54, 1.807) is 11.3 Å². The second-order valence-corrected chi connectivity index (χ2v) is 11.4. The van der Waals surface area contributed by atoms with Gasteiger partial charge >= 0.3 is 0 Å². The van der Waals surface area contributed by atoms with Crippen LogP contribution in [0.3, 0.4) is 0 Å². The van der Waals surface area contributed by atoms with E-state index in [2.05, 4.69) is 91.3 Å². The molecule has 0 N–H and O–H groups in total. The Morgan fingerprint density at radius 1 is 0.629 bits per heavy atom. The Labute approximate surface area is 221 Å². The van der Waals surface area contributed by atoms with Gasteiger partial charge in [0.05, 0.1) is 0 Å². The maximum absolute atomic E-state index is 2.57. The molecule has 0 atom stereocenters. The molecule has 0 saturated carbocycles. The topological polar surface area (TPSA) is 13.0 Å². The van der Waals surface area contributed by atoms with Crippen LogP contribution >= 0.6 is 11.3 Å². The van der Waals surface area contributed by atoms with Gasteiger partial charge in [-0.15, -0.1) is 11.3 Å². The highest BCUT2D eigenvalue weighted by Gasteiger charge is 2.09. The molecule has 4 rings (SSSR count). The van der Waals surface area contributed by atoms with Gasteiger partial charge in [-0.3, -0.25) is 0 Å². The first-order chi connectivity index (χ1) is 16.9. The molecule has 35 heavy (non-hydrogen) atoms. The third-order valence-electron chi connectivity index (χ3n) is 6.23. The van der Waals surface area contributed by atoms with Gasteiger partial charge in [0.1, 0.15) is 0 Å². The Bertz CT molecular complexity index is 650. The van der Waals surface area contributed by atoms with Crippen molar-refractivity contribution in [2.45, 2.75) is 52.4 Å². The standard InChI is InChI=1S/2C9H20N2.C7H8.C5H6S/c2*1-10(2)8-9-11-6-4-3-5-7-11;1-7-5-3-2-4-6-7;1-5-3-2-4-6-5/h2*3-9H2,1-2H3;2-6H,1H3;2-4H,1H3. The second kappa shape index (κ2) is 20.9. The van der Waals surface area contributed by atoms with Crippen molar-refractivity contribution in [3.8, 4) is 0 Å². The summed E-state index contributed by atoms with van der Waals surface area (Å²) in [4.78, 5) is 11.0. The third kappa shape index (κ3) is 19.6. The average Bonchev–Trinajstić information content (AvgIpc) is 3.35. The summed E-state index contributed by atoms with van der Waals surface area (Å²) in [6, 6.07) is 14.4. The fourth-order valence-electron chi connectivity index (χ4n) is 3.94. The van der Waals surface area contributed by atoms with E-state index in [1.165, 1.54) is 101 Å². The van der Waals surface area contributed by atoms with Crippen molar-refractivity contribution < 1.29 is 0 Å². The smallest absolute Gasteiger partial charge is 0.0109 e. The third-order valence-corrected chi connectivity index (χ3v) is 7.03. The van der Waals surface area contributed by atoms with Crippen molar-refractivity contribution in [2.24, 2.45) is 0 Å². The Balaban J connectivity index is 0.000000240. The summed E-state index contributed by atoms with van der Waals surface area (Å²) < 4.78 is 0. The molecular formula is C30H54N4S. The number of benzene rings is 1. The molecule has 2 saturated heterocycles. The quantitative estimate of drug-likeness (QED) is 0.472. The highest BCUT2D eigenvalue weighted by atomic mass is 32.1. The first kappa shape index (κ1) is 31.8. The lowest BCUT2D eigenvalue weighted by Gasteiger charge is -2.27. The van der Waals surface area contributed by atoms with Gasteiger partial charge in [0.15, 0.2) is 0 Å². The van der Waals surface area contributed by atoms with Crippen LogP contribution in [0.25, 0.3) is 0 Å². The Kier molecular flexibility index (Phi) is 19.0. The van der Waals surface area contributed by atoms with Crippen LogP contribution in [0.4, 0.5) is 0 Å². The average molecular weight is 503 g/mol. The molecule has 3 heterocycles. The van der Waals surface area contributed by atoms with Crippen molar-refractivity contribution in [3.05, 3.63) is 58.3 Å². The number of likely N-dealkylation sites (tertiary alicyclic amines) is 2. The maximum atomic E-state index is 2.57. The Hall–Kier alpha value is -1.24. The minimum atomic E-state index is 1.21. The molecule has 0 aliphatic carbocycles.